The highest BCUT2D eigenvalue weighted by molar-refractivity contribution is 7.17. The minimum Gasteiger partial charge on any atom is -0.465 e. The lowest BCUT2D eigenvalue weighted by atomic mass is 9.99. The van der Waals surface area contributed by atoms with Gasteiger partial charge >= 0.3 is 5.97 Å². The maximum absolute atomic E-state index is 14.6. The van der Waals surface area contributed by atoms with E-state index >= 15 is 0 Å². The molecular weight excluding hydrogens is 491 g/mol. The number of hydrogen-bond acceptors (Lipinski definition) is 6. The molecule has 4 aromatic rings. The van der Waals surface area contributed by atoms with Crippen LogP contribution in [0.15, 0.2) is 47.0 Å². The van der Waals surface area contributed by atoms with Crippen LogP contribution in [0.2, 0.25) is 5.02 Å². The summed E-state index contributed by atoms with van der Waals surface area (Å²) >= 11 is 7.44. The smallest absolute Gasteiger partial charge is 0.341 e. The van der Waals surface area contributed by atoms with Crippen LogP contribution in [0.5, 0.6) is 0 Å². The summed E-state index contributed by atoms with van der Waals surface area (Å²) in [5.41, 5.74) is 2.88. The quantitative estimate of drug-likeness (QED) is 0.279. The Kier molecular flexibility index (Phi) is 7.05. The zero-order chi connectivity index (χ0) is 25.3. The van der Waals surface area contributed by atoms with E-state index in [1.807, 2.05) is 31.2 Å². The summed E-state index contributed by atoms with van der Waals surface area (Å²) in [4.78, 5) is 27.0. The second-order valence-corrected chi connectivity index (χ2v) is 9.42. The van der Waals surface area contributed by atoms with Crippen LogP contribution in [0.3, 0.4) is 0 Å². The number of ether oxygens (including phenoxy) is 1. The molecule has 0 aliphatic carbocycles. The molecule has 35 heavy (non-hydrogen) atoms. The topological polar surface area (TPSA) is 81.4 Å². The van der Waals surface area contributed by atoms with E-state index in [2.05, 4.69) is 17.4 Å². The van der Waals surface area contributed by atoms with Crippen molar-refractivity contribution in [2.75, 3.05) is 12.4 Å². The van der Waals surface area contributed by atoms with Gasteiger partial charge in [-0.15, -0.1) is 11.3 Å². The number of rotatable bonds is 6. The summed E-state index contributed by atoms with van der Waals surface area (Å²) in [6.45, 7) is 5.47. The molecule has 0 bridgehead atoms. The first-order valence-corrected chi connectivity index (χ1v) is 12.0. The molecule has 2 heterocycles. The molecule has 4 rings (SSSR count). The molecule has 0 saturated heterocycles. The molecule has 0 spiro atoms. The molecule has 1 N–H and O–H groups in total. The average Bonchev–Trinajstić information content (AvgIpc) is 3.37. The molecule has 6 nitrogen and oxygen atoms in total. The van der Waals surface area contributed by atoms with Gasteiger partial charge in [0.15, 0.2) is 0 Å². The van der Waals surface area contributed by atoms with Crippen LogP contribution < -0.4 is 5.32 Å². The Morgan fingerprint density at radius 2 is 1.83 bits per heavy atom. The number of halogens is 2. The summed E-state index contributed by atoms with van der Waals surface area (Å²) in [5.74, 6) is -1.66. The summed E-state index contributed by atoms with van der Waals surface area (Å²) in [6, 6.07) is 12.1. The highest BCUT2D eigenvalue weighted by Crippen LogP contribution is 2.41. The number of amides is 1. The van der Waals surface area contributed by atoms with Crippen LogP contribution in [-0.4, -0.2) is 24.1 Å². The van der Waals surface area contributed by atoms with Crippen molar-refractivity contribution in [3.05, 3.63) is 80.6 Å². The Balaban J connectivity index is 1.79. The maximum atomic E-state index is 14.6. The Labute approximate surface area is 210 Å². The van der Waals surface area contributed by atoms with Crippen LogP contribution in [-0.2, 0) is 11.2 Å². The van der Waals surface area contributed by atoms with E-state index in [1.54, 1.807) is 6.92 Å². The van der Waals surface area contributed by atoms with E-state index in [0.717, 1.165) is 22.4 Å². The van der Waals surface area contributed by atoms with Crippen molar-refractivity contribution in [2.45, 2.75) is 27.2 Å². The minimum absolute atomic E-state index is 0.0210. The van der Waals surface area contributed by atoms with Crippen LogP contribution in [0.4, 0.5) is 9.39 Å². The van der Waals surface area contributed by atoms with Gasteiger partial charge in [-0.05, 0) is 43.5 Å². The van der Waals surface area contributed by atoms with Crippen molar-refractivity contribution in [3.63, 3.8) is 0 Å². The number of nitrogens with zero attached hydrogens (tertiary/aromatic N) is 1. The van der Waals surface area contributed by atoms with E-state index in [1.165, 1.54) is 36.6 Å². The third-order valence-electron chi connectivity index (χ3n) is 5.64. The van der Waals surface area contributed by atoms with Gasteiger partial charge in [-0.3, -0.25) is 4.79 Å². The summed E-state index contributed by atoms with van der Waals surface area (Å²) < 4.78 is 24.8. The predicted octanol–water partition coefficient (Wildman–Crippen LogP) is 7.08. The van der Waals surface area contributed by atoms with Gasteiger partial charge in [0, 0.05) is 10.4 Å². The Bertz CT molecular complexity index is 1410. The van der Waals surface area contributed by atoms with Gasteiger partial charge in [0.2, 0.25) is 0 Å². The monoisotopic (exact) mass is 512 g/mol. The van der Waals surface area contributed by atoms with Crippen molar-refractivity contribution < 1.29 is 23.2 Å². The molecule has 0 atom stereocenters. The van der Waals surface area contributed by atoms with Gasteiger partial charge in [-0.1, -0.05) is 54.0 Å². The molecule has 0 saturated carbocycles. The summed E-state index contributed by atoms with van der Waals surface area (Å²) in [7, 11) is 1.29. The molecule has 0 unspecified atom stereocenters. The number of benzene rings is 2. The van der Waals surface area contributed by atoms with Gasteiger partial charge in [0.25, 0.3) is 5.91 Å². The second kappa shape index (κ2) is 10.0. The zero-order valence-electron chi connectivity index (χ0n) is 19.5. The number of methoxy groups -OCH3 is 1. The predicted molar refractivity (Wildman–Crippen MR) is 135 cm³/mol. The van der Waals surface area contributed by atoms with Gasteiger partial charge < -0.3 is 14.6 Å². The van der Waals surface area contributed by atoms with Crippen molar-refractivity contribution in [3.8, 4) is 22.4 Å². The zero-order valence-corrected chi connectivity index (χ0v) is 21.1. The van der Waals surface area contributed by atoms with E-state index < -0.39 is 17.7 Å². The average molecular weight is 513 g/mol. The molecule has 1 amide bonds. The molecular formula is C26H22ClFN2O4S. The van der Waals surface area contributed by atoms with Crippen molar-refractivity contribution in [2.24, 2.45) is 0 Å². The van der Waals surface area contributed by atoms with Gasteiger partial charge in [-0.25, -0.2) is 9.18 Å². The third-order valence-corrected chi connectivity index (χ3v) is 6.98. The van der Waals surface area contributed by atoms with E-state index in [9.17, 15) is 14.0 Å². The molecule has 0 aliphatic rings. The Hall–Kier alpha value is -3.49. The molecule has 9 heteroatoms. The summed E-state index contributed by atoms with van der Waals surface area (Å²) in [6.07, 6.45) is 0.889. The molecule has 2 aromatic carbocycles. The van der Waals surface area contributed by atoms with Crippen molar-refractivity contribution in [1.29, 1.82) is 0 Å². The first-order valence-electron chi connectivity index (χ1n) is 10.8. The highest BCUT2D eigenvalue weighted by Gasteiger charge is 2.29. The lowest BCUT2D eigenvalue weighted by Gasteiger charge is -2.09. The molecule has 180 valence electrons. The molecule has 0 fully saturated rings. The number of anilines is 1. The first-order chi connectivity index (χ1) is 16.8. The number of esters is 1. The van der Waals surface area contributed by atoms with Crippen LogP contribution >= 0.6 is 22.9 Å². The lowest BCUT2D eigenvalue weighted by Crippen LogP contribution is -2.15. The normalized spacial score (nSPS) is 10.9. The van der Waals surface area contributed by atoms with Crippen molar-refractivity contribution >= 4 is 39.8 Å². The third kappa shape index (κ3) is 4.59. The van der Waals surface area contributed by atoms with Gasteiger partial charge in [-0.2, -0.15) is 0 Å². The maximum Gasteiger partial charge on any atom is 0.341 e. The number of aryl methyl sites for hydroxylation is 3. The SMILES string of the molecule is CCc1ccc(-c2c(C)sc(NC(=O)c3c(-c4c(F)cccc4Cl)noc3C)c2C(=O)OC)cc1. The number of nitrogens with one attached hydrogen (secondary N) is 1. The molecule has 2 aromatic heterocycles. The van der Waals surface area contributed by atoms with E-state index in [-0.39, 0.29) is 33.2 Å². The standard InChI is InChI=1S/C26H22ClFN2O4S/c1-5-15-9-11-16(12-10-15)20-14(3)35-25(22(20)26(32)33-4)29-24(31)19-13(2)34-30-23(19)21-17(27)7-6-8-18(21)28/h6-12H,5H2,1-4H3,(H,29,31). The lowest BCUT2D eigenvalue weighted by molar-refractivity contribution is 0.0603. The fourth-order valence-electron chi connectivity index (χ4n) is 3.88. The Morgan fingerprint density at radius 1 is 1.11 bits per heavy atom. The minimum atomic E-state index is -0.639. The van der Waals surface area contributed by atoms with Gasteiger partial charge in [0.1, 0.15) is 33.4 Å². The molecule has 0 radical (unpaired) electrons. The first kappa shape index (κ1) is 24.6. The van der Waals surface area contributed by atoms with Gasteiger partial charge in [0.05, 0.1) is 17.7 Å². The second-order valence-electron chi connectivity index (χ2n) is 7.79. The fourth-order valence-corrected chi connectivity index (χ4v) is 5.20. The van der Waals surface area contributed by atoms with Crippen molar-refractivity contribution in [1.82, 2.24) is 5.16 Å². The molecule has 0 aliphatic heterocycles. The summed E-state index contributed by atoms with van der Waals surface area (Å²) in [5, 5.41) is 7.06. The van der Waals surface area contributed by atoms with E-state index in [4.69, 9.17) is 20.9 Å². The Morgan fingerprint density at radius 3 is 2.46 bits per heavy atom. The highest BCUT2D eigenvalue weighted by atomic mass is 35.5. The fraction of sp³-hybridized carbons (Fsp3) is 0.192. The number of thiophene rings is 1. The number of carbonyl (C=O) groups is 2. The largest absolute Gasteiger partial charge is 0.465 e. The van der Waals surface area contributed by atoms with Crippen LogP contribution in [0.25, 0.3) is 22.4 Å². The van der Waals surface area contributed by atoms with E-state index in [0.29, 0.717) is 10.6 Å². The number of aromatic nitrogens is 1. The number of carbonyl (C=O) groups excluding carboxylic acids is 2. The van der Waals surface area contributed by atoms with Crippen LogP contribution in [0, 0.1) is 19.7 Å². The van der Waals surface area contributed by atoms with Crippen LogP contribution in [0.1, 0.15) is 43.8 Å². The number of hydrogen-bond donors (Lipinski definition) is 1.